The standard InChI is InChI=1S/C9H10ClF4NO3/c1-2-17-7(16)6(10)3-15-4-8(11,12)18-9(13,14)5-15/h3H,2,4-5H2,1H3. The summed E-state index contributed by atoms with van der Waals surface area (Å²) in [5.74, 6) is -0.975. The van der Waals surface area contributed by atoms with Crippen LogP contribution in [0.4, 0.5) is 17.6 Å². The maximum absolute atomic E-state index is 12.8. The van der Waals surface area contributed by atoms with Crippen molar-refractivity contribution in [3.63, 3.8) is 0 Å². The molecule has 0 radical (unpaired) electrons. The molecule has 0 aromatic rings. The van der Waals surface area contributed by atoms with Gasteiger partial charge in [0, 0.05) is 6.20 Å². The van der Waals surface area contributed by atoms with Crippen molar-refractivity contribution in [2.24, 2.45) is 0 Å². The van der Waals surface area contributed by atoms with E-state index in [0.717, 1.165) is 0 Å². The first-order valence-electron chi connectivity index (χ1n) is 4.89. The highest BCUT2D eigenvalue weighted by Gasteiger charge is 2.51. The molecule has 1 fully saturated rings. The Morgan fingerprint density at radius 2 is 1.89 bits per heavy atom. The van der Waals surface area contributed by atoms with Crippen LogP contribution >= 0.6 is 11.6 Å². The van der Waals surface area contributed by atoms with Gasteiger partial charge >= 0.3 is 18.2 Å². The minimum atomic E-state index is -4.02. The summed E-state index contributed by atoms with van der Waals surface area (Å²) in [6.45, 7) is -0.714. The summed E-state index contributed by atoms with van der Waals surface area (Å²) in [7, 11) is 0. The average molecular weight is 292 g/mol. The van der Waals surface area contributed by atoms with Crippen molar-refractivity contribution in [3.05, 3.63) is 11.2 Å². The molecular formula is C9H10ClF4NO3. The molecule has 0 aliphatic carbocycles. The molecule has 0 spiro atoms. The molecule has 1 saturated heterocycles. The van der Waals surface area contributed by atoms with Gasteiger partial charge in [-0.1, -0.05) is 11.6 Å². The van der Waals surface area contributed by atoms with E-state index in [1.54, 1.807) is 0 Å². The SMILES string of the molecule is CCOC(=O)C(Cl)=CN1CC(F)(F)OC(F)(F)C1. The monoisotopic (exact) mass is 291 g/mol. The van der Waals surface area contributed by atoms with E-state index in [1.165, 1.54) is 6.92 Å². The summed E-state index contributed by atoms with van der Waals surface area (Å²) in [5, 5.41) is -0.564. The van der Waals surface area contributed by atoms with Crippen LogP contribution < -0.4 is 0 Å². The van der Waals surface area contributed by atoms with Gasteiger partial charge in [0.2, 0.25) is 0 Å². The van der Waals surface area contributed by atoms with Crippen molar-refractivity contribution < 1.29 is 31.8 Å². The second-order valence-corrected chi connectivity index (χ2v) is 3.89. The lowest BCUT2D eigenvalue weighted by Gasteiger charge is -2.36. The number of morpholine rings is 1. The fourth-order valence-corrected chi connectivity index (χ4v) is 1.51. The van der Waals surface area contributed by atoms with Crippen LogP contribution in [-0.4, -0.2) is 42.8 Å². The third-order valence-corrected chi connectivity index (χ3v) is 2.09. The molecule has 4 nitrogen and oxygen atoms in total. The van der Waals surface area contributed by atoms with E-state index in [1.807, 2.05) is 0 Å². The maximum atomic E-state index is 12.8. The summed E-state index contributed by atoms with van der Waals surface area (Å²) in [5.41, 5.74) is 0. The van der Waals surface area contributed by atoms with E-state index >= 15 is 0 Å². The van der Waals surface area contributed by atoms with Crippen molar-refractivity contribution in [2.75, 3.05) is 19.7 Å². The molecule has 0 saturated carbocycles. The third kappa shape index (κ3) is 4.34. The number of carbonyl (C=O) groups excluding carboxylic acids is 1. The Hall–Kier alpha value is -1.02. The largest absolute Gasteiger partial charge is 0.462 e. The van der Waals surface area contributed by atoms with E-state index in [4.69, 9.17) is 11.6 Å². The van der Waals surface area contributed by atoms with Crippen LogP contribution in [-0.2, 0) is 14.3 Å². The highest BCUT2D eigenvalue weighted by Crippen LogP contribution is 2.33. The van der Waals surface area contributed by atoms with Gasteiger partial charge in [-0.05, 0) is 6.92 Å². The first-order valence-corrected chi connectivity index (χ1v) is 5.27. The number of ether oxygens (including phenoxy) is 2. The molecule has 0 bridgehead atoms. The molecule has 18 heavy (non-hydrogen) atoms. The Balaban J connectivity index is 2.77. The van der Waals surface area contributed by atoms with Gasteiger partial charge in [-0.3, -0.25) is 4.74 Å². The molecule has 0 amide bonds. The van der Waals surface area contributed by atoms with Gasteiger partial charge in [-0.2, -0.15) is 17.6 Å². The number of nitrogens with zero attached hydrogens (tertiary/aromatic N) is 1. The number of carbonyl (C=O) groups is 1. The van der Waals surface area contributed by atoms with Gasteiger partial charge in [0.25, 0.3) is 0 Å². The van der Waals surface area contributed by atoms with Crippen molar-refractivity contribution in [1.29, 1.82) is 0 Å². The minimum Gasteiger partial charge on any atom is -0.462 e. The van der Waals surface area contributed by atoms with Crippen LogP contribution in [0.25, 0.3) is 0 Å². The zero-order valence-corrected chi connectivity index (χ0v) is 10.0. The quantitative estimate of drug-likeness (QED) is 0.454. The predicted octanol–water partition coefficient (Wildman–Crippen LogP) is 2.15. The topological polar surface area (TPSA) is 38.8 Å². The normalized spacial score (nSPS) is 22.8. The first kappa shape index (κ1) is 15.0. The molecule has 0 N–H and O–H groups in total. The zero-order chi connectivity index (χ0) is 14.0. The third-order valence-electron chi connectivity index (χ3n) is 1.84. The van der Waals surface area contributed by atoms with Crippen LogP contribution in [0.5, 0.6) is 0 Å². The zero-order valence-electron chi connectivity index (χ0n) is 9.26. The van der Waals surface area contributed by atoms with Crippen LogP contribution in [0.15, 0.2) is 11.2 Å². The second kappa shape index (κ2) is 5.31. The lowest BCUT2D eigenvalue weighted by Crippen LogP contribution is -2.53. The lowest BCUT2D eigenvalue weighted by atomic mass is 10.4. The number of esters is 1. The highest BCUT2D eigenvalue weighted by atomic mass is 35.5. The Morgan fingerprint density at radius 3 is 2.33 bits per heavy atom. The fraction of sp³-hybridized carbons (Fsp3) is 0.667. The molecule has 1 rings (SSSR count). The Labute approximate surface area is 105 Å². The molecule has 0 aromatic carbocycles. The molecule has 1 aliphatic rings. The molecule has 0 aromatic heterocycles. The van der Waals surface area contributed by atoms with Crippen molar-refractivity contribution in [1.82, 2.24) is 4.90 Å². The molecule has 104 valence electrons. The number of halogens is 5. The fourth-order valence-electron chi connectivity index (χ4n) is 1.32. The number of hydrogen-bond acceptors (Lipinski definition) is 4. The molecule has 0 unspecified atom stereocenters. The van der Waals surface area contributed by atoms with E-state index < -0.39 is 36.3 Å². The molecular weight excluding hydrogens is 282 g/mol. The van der Waals surface area contributed by atoms with Crippen molar-refractivity contribution in [3.8, 4) is 0 Å². The Bertz CT molecular complexity index is 346. The van der Waals surface area contributed by atoms with Crippen molar-refractivity contribution >= 4 is 17.6 Å². The van der Waals surface area contributed by atoms with Crippen LogP contribution in [0.3, 0.4) is 0 Å². The molecule has 0 atom stereocenters. The average Bonchev–Trinajstić information content (AvgIpc) is 2.12. The first-order chi connectivity index (χ1) is 8.15. The van der Waals surface area contributed by atoms with Crippen LogP contribution in [0, 0.1) is 0 Å². The summed E-state index contributed by atoms with van der Waals surface area (Å²) < 4.78 is 59.0. The molecule has 9 heteroatoms. The smallest absolute Gasteiger partial charge is 0.377 e. The van der Waals surface area contributed by atoms with Crippen LogP contribution in [0.1, 0.15) is 6.92 Å². The van der Waals surface area contributed by atoms with Gasteiger partial charge in [0.1, 0.15) is 18.1 Å². The maximum Gasteiger partial charge on any atom is 0.377 e. The lowest BCUT2D eigenvalue weighted by molar-refractivity contribution is -0.401. The minimum absolute atomic E-state index is 0.0261. The molecule has 1 aliphatic heterocycles. The van der Waals surface area contributed by atoms with Gasteiger partial charge in [0.15, 0.2) is 0 Å². The van der Waals surface area contributed by atoms with Gasteiger partial charge in [-0.25, -0.2) is 4.79 Å². The number of hydrogen-bond donors (Lipinski definition) is 0. The van der Waals surface area contributed by atoms with Crippen LogP contribution in [0.2, 0.25) is 0 Å². The summed E-state index contributed by atoms with van der Waals surface area (Å²) in [6, 6.07) is 0. The Kier molecular flexibility index (Phi) is 4.44. The van der Waals surface area contributed by atoms with Gasteiger partial charge < -0.3 is 9.64 Å². The summed E-state index contributed by atoms with van der Waals surface area (Å²) in [6.07, 6.45) is -7.36. The van der Waals surface area contributed by atoms with E-state index in [9.17, 15) is 22.4 Å². The molecule has 1 heterocycles. The predicted molar refractivity (Wildman–Crippen MR) is 53.1 cm³/mol. The number of alkyl halides is 4. The van der Waals surface area contributed by atoms with E-state index in [2.05, 4.69) is 9.47 Å². The van der Waals surface area contributed by atoms with E-state index in [0.29, 0.717) is 11.1 Å². The van der Waals surface area contributed by atoms with Gasteiger partial charge in [0.05, 0.1) is 6.61 Å². The summed E-state index contributed by atoms with van der Waals surface area (Å²) in [4.78, 5) is 11.6. The highest BCUT2D eigenvalue weighted by molar-refractivity contribution is 6.41. The summed E-state index contributed by atoms with van der Waals surface area (Å²) >= 11 is 5.44. The second-order valence-electron chi connectivity index (χ2n) is 3.48. The number of rotatable bonds is 3. The van der Waals surface area contributed by atoms with Gasteiger partial charge in [-0.15, -0.1) is 0 Å². The van der Waals surface area contributed by atoms with Crippen molar-refractivity contribution in [2.45, 2.75) is 19.1 Å². The Morgan fingerprint density at radius 1 is 1.39 bits per heavy atom. The van der Waals surface area contributed by atoms with E-state index in [-0.39, 0.29) is 6.61 Å².